The van der Waals surface area contributed by atoms with Gasteiger partial charge in [-0.25, -0.2) is 0 Å². The maximum atomic E-state index is 12.2. The van der Waals surface area contributed by atoms with Gasteiger partial charge in [-0.2, -0.15) is 0 Å². The Morgan fingerprint density at radius 3 is 2.39 bits per heavy atom. The minimum Gasteiger partial charge on any atom is -0.469 e. The van der Waals surface area contributed by atoms with E-state index in [0.29, 0.717) is 18.3 Å². The van der Waals surface area contributed by atoms with E-state index in [9.17, 15) is 9.59 Å². The van der Waals surface area contributed by atoms with Gasteiger partial charge in [0.25, 0.3) is 0 Å². The van der Waals surface area contributed by atoms with Crippen molar-refractivity contribution in [1.82, 2.24) is 5.32 Å². The molecular formula is C17H31ClN2O3. The zero-order chi connectivity index (χ0) is 15.9. The maximum Gasteiger partial charge on any atom is 0.305 e. The van der Waals surface area contributed by atoms with Crippen LogP contribution in [0.5, 0.6) is 0 Å². The third-order valence-corrected chi connectivity index (χ3v) is 5.37. The number of rotatable bonds is 9. The summed E-state index contributed by atoms with van der Waals surface area (Å²) in [5.74, 6) is 1.20. The van der Waals surface area contributed by atoms with Gasteiger partial charge in [0, 0.05) is 19.0 Å². The summed E-state index contributed by atoms with van der Waals surface area (Å²) in [5.41, 5.74) is 6.19. The fourth-order valence-electron chi connectivity index (χ4n) is 4.08. The van der Waals surface area contributed by atoms with E-state index in [2.05, 4.69) is 10.1 Å². The highest BCUT2D eigenvalue weighted by Crippen LogP contribution is 2.47. The summed E-state index contributed by atoms with van der Waals surface area (Å²) >= 11 is 0. The highest BCUT2D eigenvalue weighted by molar-refractivity contribution is 5.85. The second-order valence-corrected chi connectivity index (χ2v) is 6.82. The van der Waals surface area contributed by atoms with Crippen molar-refractivity contribution in [2.75, 3.05) is 13.7 Å². The van der Waals surface area contributed by atoms with Gasteiger partial charge in [-0.3, -0.25) is 9.59 Å². The van der Waals surface area contributed by atoms with E-state index in [1.54, 1.807) is 0 Å². The lowest BCUT2D eigenvalue weighted by atomic mass is 9.84. The zero-order valence-electron chi connectivity index (χ0n) is 14.1. The number of halogens is 1. The molecule has 134 valence electrons. The Labute approximate surface area is 145 Å². The standard InChI is InChI=1S/C17H30N2O3.ClH/c1-22-14(20)7-5-3-2-4-6-10-19-17(21)15-12-8-9-13(11-12)16(15)18;/h12-13,15-16H,2-11,18H2,1H3,(H,19,21);1H. The van der Waals surface area contributed by atoms with Crippen molar-refractivity contribution in [3.05, 3.63) is 0 Å². The lowest BCUT2D eigenvalue weighted by Crippen LogP contribution is -2.45. The van der Waals surface area contributed by atoms with Crippen molar-refractivity contribution >= 4 is 24.3 Å². The van der Waals surface area contributed by atoms with Crippen molar-refractivity contribution < 1.29 is 14.3 Å². The summed E-state index contributed by atoms with van der Waals surface area (Å²) in [6.45, 7) is 0.746. The minimum atomic E-state index is -0.130. The number of unbranched alkanes of at least 4 members (excludes halogenated alkanes) is 4. The third-order valence-electron chi connectivity index (χ3n) is 5.37. The lowest BCUT2D eigenvalue weighted by molar-refractivity contribution is -0.140. The van der Waals surface area contributed by atoms with Gasteiger partial charge in [-0.05, 0) is 43.9 Å². The van der Waals surface area contributed by atoms with Crippen LogP contribution in [0.3, 0.4) is 0 Å². The number of nitrogens with two attached hydrogens (primary N) is 1. The van der Waals surface area contributed by atoms with Crippen LogP contribution in [0.25, 0.3) is 0 Å². The molecule has 0 aromatic heterocycles. The normalized spacial score (nSPS) is 28.3. The van der Waals surface area contributed by atoms with Gasteiger partial charge in [0.2, 0.25) is 5.91 Å². The van der Waals surface area contributed by atoms with Gasteiger partial charge < -0.3 is 15.8 Å². The van der Waals surface area contributed by atoms with E-state index in [0.717, 1.165) is 45.1 Å². The molecule has 3 N–H and O–H groups in total. The summed E-state index contributed by atoms with van der Waals surface area (Å²) in [7, 11) is 1.42. The van der Waals surface area contributed by atoms with Gasteiger partial charge in [0.15, 0.2) is 0 Å². The molecule has 5 nitrogen and oxygen atoms in total. The topological polar surface area (TPSA) is 81.4 Å². The average molecular weight is 347 g/mol. The number of amides is 1. The number of carbonyl (C=O) groups is 2. The van der Waals surface area contributed by atoms with E-state index < -0.39 is 0 Å². The van der Waals surface area contributed by atoms with Crippen LogP contribution in [-0.4, -0.2) is 31.6 Å². The molecule has 2 bridgehead atoms. The molecule has 0 radical (unpaired) electrons. The number of fused-ring (bicyclic) bond motifs is 2. The molecule has 0 aliphatic heterocycles. The van der Waals surface area contributed by atoms with E-state index in [1.807, 2.05) is 0 Å². The fraction of sp³-hybridized carbons (Fsp3) is 0.882. The predicted octanol–water partition coefficient (Wildman–Crippen LogP) is 2.41. The maximum absolute atomic E-state index is 12.2. The molecule has 2 rings (SSSR count). The summed E-state index contributed by atoms with van der Waals surface area (Å²) < 4.78 is 4.60. The van der Waals surface area contributed by atoms with Crippen LogP contribution < -0.4 is 11.1 Å². The van der Waals surface area contributed by atoms with Crippen LogP contribution in [0.1, 0.15) is 57.8 Å². The Morgan fingerprint density at radius 2 is 1.74 bits per heavy atom. The monoisotopic (exact) mass is 346 g/mol. The molecule has 0 heterocycles. The summed E-state index contributed by atoms with van der Waals surface area (Å²) in [6.07, 6.45) is 9.16. The van der Waals surface area contributed by atoms with Crippen molar-refractivity contribution in [3.8, 4) is 0 Å². The van der Waals surface area contributed by atoms with Crippen molar-refractivity contribution in [2.24, 2.45) is 23.5 Å². The molecule has 2 aliphatic rings. The largest absolute Gasteiger partial charge is 0.469 e. The molecule has 0 aromatic rings. The number of carbonyl (C=O) groups excluding carboxylic acids is 2. The van der Waals surface area contributed by atoms with Gasteiger partial charge in [0.05, 0.1) is 13.0 Å². The molecule has 6 heteroatoms. The van der Waals surface area contributed by atoms with E-state index >= 15 is 0 Å². The van der Waals surface area contributed by atoms with Crippen LogP contribution in [0.2, 0.25) is 0 Å². The van der Waals surface area contributed by atoms with Gasteiger partial charge in [-0.15, -0.1) is 12.4 Å². The number of hydrogen-bond donors (Lipinski definition) is 2. The second kappa shape index (κ2) is 10.1. The number of esters is 1. The summed E-state index contributed by atoms with van der Waals surface area (Å²) in [4.78, 5) is 23.2. The van der Waals surface area contributed by atoms with Crippen LogP contribution in [-0.2, 0) is 14.3 Å². The lowest BCUT2D eigenvalue weighted by Gasteiger charge is -2.27. The van der Waals surface area contributed by atoms with Gasteiger partial charge >= 0.3 is 5.97 Å². The third kappa shape index (κ3) is 5.64. The smallest absolute Gasteiger partial charge is 0.305 e. The van der Waals surface area contributed by atoms with E-state index in [1.165, 1.54) is 20.0 Å². The average Bonchev–Trinajstić information content (AvgIpc) is 3.10. The number of methoxy groups -OCH3 is 1. The number of nitrogens with one attached hydrogen (secondary N) is 1. The van der Waals surface area contributed by atoms with Crippen molar-refractivity contribution in [1.29, 1.82) is 0 Å². The first-order valence-corrected chi connectivity index (χ1v) is 8.73. The first-order valence-electron chi connectivity index (χ1n) is 8.73. The van der Waals surface area contributed by atoms with E-state index in [4.69, 9.17) is 5.73 Å². The molecule has 4 unspecified atom stereocenters. The van der Waals surface area contributed by atoms with Gasteiger partial charge in [-0.1, -0.05) is 19.3 Å². The van der Waals surface area contributed by atoms with Gasteiger partial charge in [0.1, 0.15) is 0 Å². The summed E-state index contributed by atoms with van der Waals surface area (Å²) in [5, 5.41) is 3.07. The minimum absolute atomic E-state index is 0. The Kier molecular flexibility index (Phi) is 8.92. The quantitative estimate of drug-likeness (QED) is 0.496. The van der Waals surface area contributed by atoms with Crippen LogP contribution in [0, 0.1) is 17.8 Å². The molecule has 0 saturated heterocycles. The van der Waals surface area contributed by atoms with Crippen LogP contribution in [0.15, 0.2) is 0 Å². The Balaban J connectivity index is 0.00000264. The Bertz CT molecular complexity index is 390. The zero-order valence-corrected chi connectivity index (χ0v) is 14.9. The molecule has 2 fully saturated rings. The van der Waals surface area contributed by atoms with E-state index in [-0.39, 0.29) is 36.2 Å². The Morgan fingerprint density at radius 1 is 1.09 bits per heavy atom. The molecule has 0 spiro atoms. The number of ether oxygens (including phenoxy) is 1. The van der Waals surface area contributed by atoms with Crippen molar-refractivity contribution in [3.63, 3.8) is 0 Å². The molecular weight excluding hydrogens is 316 g/mol. The van der Waals surface area contributed by atoms with Crippen LogP contribution >= 0.6 is 12.4 Å². The van der Waals surface area contributed by atoms with Crippen LogP contribution in [0.4, 0.5) is 0 Å². The molecule has 0 aromatic carbocycles. The molecule has 2 aliphatic carbocycles. The second-order valence-electron chi connectivity index (χ2n) is 6.82. The molecule has 2 saturated carbocycles. The first-order chi connectivity index (χ1) is 10.6. The molecule has 1 amide bonds. The predicted molar refractivity (Wildman–Crippen MR) is 92.3 cm³/mol. The summed E-state index contributed by atoms with van der Waals surface area (Å²) in [6, 6.07) is 0.0806. The Hall–Kier alpha value is -0.810. The highest BCUT2D eigenvalue weighted by atomic mass is 35.5. The first kappa shape index (κ1) is 20.2. The fourth-order valence-corrected chi connectivity index (χ4v) is 4.08. The molecule has 23 heavy (non-hydrogen) atoms. The SMILES string of the molecule is COC(=O)CCCCCCCNC(=O)C1C2CCC(C2)C1N.Cl. The molecule has 4 atom stereocenters. The highest BCUT2D eigenvalue weighted by Gasteiger charge is 2.48. The number of hydrogen-bond acceptors (Lipinski definition) is 4. The van der Waals surface area contributed by atoms with Crippen molar-refractivity contribution in [2.45, 2.75) is 63.8 Å².